The van der Waals surface area contributed by atoms with E-state index in [-0.39, 0.29) is 11.8 Å². The molecule has 1 aliphatic carbocycles. The smallest absolute Gasteiger partial charge is 0.352 e. The van der Waals surface area contributed by atoms with E-state index < -0.39 is 11.7 Å². The van der Waals surface area contributed by atoms with Crippen LogP contribution in [-0.2, 0) is 17.5 Å². The molecule has 26 heavy (non-hydrogen) atoms. The SMILES string of the molecule is Cc1cc(-c2cccc(CNC(=O)C3CCCC3)c2)cc(C(F)(F)F)c1. The van der Waals surface area contributed by atoms with Gasteiger partial charge in [-0.15, -0.1) is 0 Å². The summed E-state index contributed by atoms with van der Waals surface area (Å²) in [4.78, 5) is 12.1. The van der Waals surface area contributed by atoms with Crippen LogP contribution < -0.4 is 5.32 Å². The lowest BCUT2D eigenvalue weighted by Crippen LogP contribution is -2.28. The Morgan fingerprint density at radius 2 is 1.81 bits per heavy atom. The summed E-state index contributed by atoms with van der Waals surface area (Å²) < 4.78 is 39.2. The molecular weight excluding hydrogens is 339 g/mol. The molecule has 2 aromatic rings. The number of carbonyl (C=O) groups is 1. The minimum Gasteiger partial charge on any atom is -0.352 e. The van der Waals surface area contributed by atoms with Crippen LogP contribution in [0, 0.1) is 12.8 Å². The molecule has 5 heteroatoms. The van der Waals surface area contributed by atoms with Gasteiger partial charge in [-0.1, -0.05) is 37.1 Å². The highest BCUT2D eigenvalue weighted by Gasteiger charge is 2.31. The van der Waals surface area contributed by atoms with Crippen LogP contribution in [0.3, 0.4) is 0 Å². The minimum atomic E-state index is -4.37. The quantitative estimate of drug-likeness (QED) is 0.767. The summed E-state index contributed by atoms with van der Waals surface area (Å²) in [6.07, 6.45) is -0.288. The second kappa shape index (κ2) is 7.52. The maximum Gasteiger partial charge on any atom is 0.416 e. The van der Waals surface area contributed by atoms with Gasteiger partial charge in [0.1, 0.15) is 0 Å². The van der Waals surface area contributed by atoms with Crippen molar-refractivity contribution >= 4 is 5.91 Å². The summed E-state index contributed by atoms with van der Waals surface area (Å²) in [5.74, 6) is 0.173. The maximum atomic E-state index is 13.1. The average molecular weight is 361 g/mol. The molecule has 0 aromatic heterocycles. The Morgan fingerprint density at radius 3 is 2.50 bits per heavy atom. The number of hydrogen-bond donors (Lipinski definition) is 1. The predicted octanol–water partition coefficient (Wildman–Crippen LogP) is 5.49. The van der Waals surface area contributed by atoms with Crippen molar-refractivity contribution in [3.63, 3.8) is 0 Å². The molecule has 0 spiro atoms. The van der Waals surface area contributed by atoms with Crippen LogP contribution in [0.5, 0.6) is 0 Å². The number of nitrogens with one attached hydrogen (secondary N) is 1. The third-order valence-corrected chi connectivity index (χ3v) is 4.86. The van der Waals surface area contributed by atoms with Gasteiger partial charge in [0.2, 0.25) is 5.91 Å². The van der Waals surface area contributed by atoms with Crippen molar-refractivity contribution in [3.05, 3.63) is 59.2 Å². The van der Waals surface area contributed by atoms with Crippen LogP contribution >= 0.6 is 0 Å². The van der Waals surface area contributed by atoms with E-state index in [2.05, 4.69) is 5.32 Å². The zero-order valence-corrected chi connectivity index (χ0v) is 14.7. The fourth-order valence-corrected chi connectivity index (χ4v) is 3.50. The molecule has 1 N–H and O–H groups in total. The predicted molar refractivity (Wildman–Crippen MR) is 95.4 cm³/mol. The summed E-state index contributed by atoms with van der Waals surface area (Å²) in [6, 6.07) is 11.4. The van der Waals surface area contributed by atoms with Gasteiger partial charge in [0.25, 0.3) is 0 Å². The molecule has 3 rings (SSSR count). The second-order valence-electron chi connectivity index (χ2n) is 6.99. The van der Waals surface area contributed by atoms with Crippen LogP contribution in [0.4, 0.5) is 13.2 Å². The molecule has 1 saturated carbocycles. The van der Waals surface area contributed by atoms with Crippen molar-refractivity contribution in [2.75, 3.05) is 0 Å². The molecule has 0 unspecified atom stereocenters. The molecule has 0 heterocycles. The van der Waals surface area contributed by atoms with Gasteiger partial charge in [0.05, 0.1) is 5.56 Å². The Kier molecular flexibility index (Phi) is 5.35. The number of alkyl halides is 3. The highest BCUT2D eigenvalue weighted by atomic mass is 19.4. The van der Waals surface area contributed by atoms with Crippen LogP contribution in [0.25, 0.3) is 11.1 Å². The van der Waals surface area contributed by atoms with Crippen molar-refractivity contribution in [2.45, 2.75) is 45.3 Å². The summed E-state index contributed by atoms with van der Waals surface area (Å²) in [6.45, 7) is 2.05. The highest BCUT2D eigenvalue weighted by molar-refractivity contribution is 5.79. The number of hydrogen-bond acceptors (Lipinski definition) is 1. The van der Waals surface area contributed by atoms with Crippen LogP contribution in [0.1, 0.15) is 42.4 Å². The summed E-state index contributed by atoms with van der Waals surface area (Å²) in [5.41, 5.74) is 2.04. The first kappa shape index (κ1) is 18.5. The van der Waals surface area contributed by atoms with Gasteiger partial charge in [-0.3, -0.25) is 4.79 Å². The maximum absolute atomic E-state index is 13.1. The van der Waals surface area contributed by atoms with Crippen molar-refractivity contribution in [3.8, 4) is 11.1 Å². The molecule has 2 nitrogen and oxygen atoms in total. The van der Waals surface area contributed by atoms with Crippen LogP contribution in [0.2, 0.25) is 0 Å². The lowest BCUT2D eigenvalue weighted by Gasteiger charge is -2.13. The van der Waals surface area contributed by atoms with Crippen molar-refractivity contribution in [2.24, 2.45) is 5.92 Å². The van der Waals surface area contributed by atoms with Crippen molar-refractivity contribution in [1.82, 2.24) is 5.32 Å². The molecule has 138 valence electrons. The number of halogens is 3. The van der Waals surface area contributed by atoms with Gasteiger partial charge in [0.15, 0.2) is 0 Å². The monoisotopic (exact) mass is 361 g/mol. The third kappa shape index (κ3) is 4.45. The van der Waals surface area contributed by atoms with E-state index in [9.17, 15) is 18.0 Å². The average Bonchev–Trinajstić information content (AvgIpc) is 3.13. The molecule has 2 aromatic carbocycles. The largest absolute Gasteiger partial charge is 0.416 e. The van der Waals surface area contributed by atoms with Gasteiger partial charge in [0, 0.05) is 12.5 Å². The normalized spacial score (nSPS) is 15.2. The molecule has 0 aliphatic heterocycles. The zero-order valence-electron chi connectivity index (χ0n) is 14.7. The van der Waals surface area contributed by atoms with Crippen molar-refractivity contribution < 1.29 is 18.0 Å². The topological polar surface area (TPSA) is 29.1 Å². The number of rotatable bonds is 4. The molecule has 1 aliphatic rings. The van der Waals surface area contributed by atoms with Crippen LogP contribution in [0.15, 0.2) is 42.5 Å². The fraction of sp³-hybridized carbons (Fsp3) is 0.381. The van der Waals surface area contributed by atoms with E-state index >= 15 is 0 Å². The molecule has 1 amide bonds. The number of aryl methyl sites for hydroxylation is 1. The van der Waals surface area contributed by atoms with Gasteiger partial charge < -0.3 is 5.32 Å². The lowest BCUT2D eigenvalue weighted by molar-refractivity contribution is -0.137. The fourth-order valence-electron chi connectivity index (χ4n) is 3.50. The second-order valence-corrected chi connectivity index (χ2v) is 6.99. The third-order valence-electron chi connectivity index (χ3n) is 4.86. The first-order chi connectivity index (χ1) is 12.3. The Morgan fingerprint density at radius 1 is 1.08 bits per heavy atom. The number of amides is 1. The molecule has 0 radical (unpaired) electrons. The van der Waals surface area contributed by atoms with Gasteiger partial charge in [-0.2, -0.15) is 13.2 Å². The molecule has 0 saturated heterocycles. The van der Waals surface area contributed by atoms with E-state index in [1.54, 1.807) is 19.1 Å². The van der Waals surface area contributed by atoms with Gasteiger partial charge in [-0.05, 0) is 60.2 Å². The summed E-state index contributed by atoms with van der Waals surface area (Å²) in [7, 11) is 0. The standard InChI is InChI=1S/C21H22F3NO/c1-14-9-18(12-19(10-14)21(22,23)24)17-8-4-5-15(11-17)13-25-20(26)16-6-2-3-7-16/h4-5,8-12,16H,2-3,6-7,13H2,1H3,(H,25,26). The van der Waals surface area contributed by atoms with E-state index in [4.69, 9.17) is 0 Å². The zero-order chi connectivity index (χ0) is 18.7. The minimum absolute atomic E-state index is 0.0721. The Balaban J connectivity index is 1.77. The first-order valence-electron chi connectivity index (χ1n) is 8.89. The number of benzene rings is 2. The van der Waals surface area contributed by atoms with Crippen LogP contribution in [-0.4, -0.2) is 5.91 Å². The summed E-state index contributed by atoms with van der Waals surface area (Å²) in [5, 5.41) is 2.95. The van der Waals surface area contributed by atoms with Crippen molar-refractivity contribution in [1.29, 1.82) is 0 Å². The highest BCUT2D eigenvalue weighted by Crippen LogP contribution is 2.33. The van der Waals surface area contributed by atoms with E-state index in [0.717, 1.165) is 37.3 Å². The lowest BCUT2D eigenvalue weighted by atomic mass is 9.98. The molecule has 0 atom stereocenters. The van der Waals surface area contributed by atoms with Gasteiger partial charge in [-0.25, -0.2) is 0 Å². The Labute approximate surface area is 151 Å². The molecular formula is C21H22F3NO. The van der Waals surface area contributed by atoms with E-state index in [1.165, 1.54) is 6.07 Å². The van der Waals surface area contributed by atoms with E-state index in [0.29, 0.717) is 23.2 Å². The summed E-state index contributed by atoms with van der Waals surface area (Å²) >= 11 is 0. The molecule has 0 bridgehead atoms. The number of carbonyl (C=O) groups excluding carboxylic acids is 1. The molecule has 1 fully saturated rings. The Bertz CT molecular complexity index is 792. The first-order valence-corrected chi connectivity index (χ1v) is 8.89. The van der Waals surface area contributed by atoms with E-state index in [1.807, 2.05) is 18.2 Å². The Hall–Kier alpha value is -2.30. The van der Waals surface area contributed by atoms with Gasteiger partial charge >= 0.3 is 6.18 Å².